The molecule has 0 radical (unpaired) electrons. The molecule has 0 bridgehead atoms. The lowest BCUT2D eigenvalue weighted by Crippen LogP contribution is -1.83. The molecule has 0 N–H and O–H groups in total. The molecule has 0 aliphatic heterocycles. The molecule has 56 valence electrons. The molecule has 0 spiro atoms. The molecule has 2 rings (SSSR count). The highest BCUT2D eigenvalue weighted by atomic mass is 79.9. The maximum absolute atomic E-state index is 5.87. The van der Waals surface area contributed by atoms with Gasteiger partial charge in [0.15, 0.2) is 0 Å². The van der Waals surface area contributed by atoms with E-state index in [2.05, 4.69) is 20.9 Å². The van der Waals surface area contributed by atoms with Crippen molar-refractivity contribution in [2.24, 2.45) is 0 Å². The molecule has 0 unspecified atom stereocenters. The van der Waals surface area contributed by atoms with Crippen LogP contribution in [0, 0.1) is 0 Å². The van der Waals surface area contributed by atoms with Gasteiger partial charge >= 0.3 is 0 Å². The van der Waals surface area contributed by atoms with E-state index in [1.807, 2.05) is 16.5 Å². The second-order valence-electron chi connectivity index (χ2n) is 2.15. The van der Waals surface area contributed by atoms with Crippen LogP contribution < -0.4 is 0 Å². The Morgan fingerprint density at radius 1 is 1.55 bits per heavy atom. The van der Waals surface area contributed by atoms with Crippen molar-refractivity contribution in [3.05, 3.63) is 34.3 Å². The van der Waals surface area contributed by atoms with E-state index in [1.165, 1.54) is 0 Å². The first-order valence-corrected chi connectivity index (χ1v) is 4.22. The van der Waals surface area contributed by atoms with Crippen LogP contribution in [0.2, 0.25) is 5.15 Å². The number of nitrogens with zero attached hydrogens (tertiary/aromatic N) is 2. The minimum atomic E-state index is 0.667. The van der Waals surface area contributed by atoms with Gasteiger partial charge in [0, 0.05) is 10.7 Å². The number of rotatable bonds is 0. The molecule has 2 aromatic heterocycles. The van der Waals surface area contributed by atoms with E-state index < -0.39 is 0 Å². The van der Waals surface area contributed by atoms with Crippen LogP contribution in [0.25, 0.3) is 5.52 Å². The summed E-state index contributed by atoms with van der Waals surface area (Å²) in [6, 6.07) is 3.74. The Labute approximate surface area is 76.9 Å². The first kappa shape index (κ1) is 7.13. The molecule has 11 heavy (non-hydrogen) atoms. The first-order valence-electron chi connectivity index (χ1n) is 3.05. The Bertz CT molecular complexity index is 360. The van der Waals surface area contributed by atoms with Gasteiger partial charge in [0.25, 0.3) is 0 Å². The lowest BCUT2D eigenvalue weighted by Gasteiger charge is -1.92. The lowest BCUT2D eigenvalue weighted by molar-refractivity contribution is 1.09. The van der Waals surface area contributed by atoms with E-state index in [-0.39, 0.29) is 0 Å². The van der Waals surface area contributed by atoms with Crippen LogP contribution in [0.1, 0.15) is 0 Å². The van der Waals surface area contributed by atoms with Crippen LogP contribution in [0.4, 0.5) is 0 Å². The maximum Gasteiger partial charge on any atom is 0.115 e. The standard InChI is InChI=1S/C7H4BrClN2/c8-5-3-7(9)11-4-10-2-1-6(5)11/h1-4H. The Morgan fingerprint density at radius 2 is 2.36 bits per heavy atom. The fraction of sp³-hybridized carbons (Fsp3) is 0. The molecule has 2 heterocycles. The van der Waals surface area contributed by atoms with Gasteiger partial charge in [0.05, 0.1) is 5.52 Å². The third-order valence-corrected chi connectivity index (χ3v) is 2.41. The second kappa shape index (κ2) is 2.50. The van der Waals surface area contributed by atoms with Crippen molar-refractivity contribution in [1.29, 1.82) is 0 Å². The van der Waals surface area contributed by atoms with Gasteiger partial charge in [-0.2, -0.15) is 0 Å². The highest BCUT2D eigenvalue weighted by Gasteiger charge is 2.02. The topological polar surface area (TPSA) is 17.3 Å². The summed E-state index contributed by atoms with van der Waals surface area (Å²) in [6.07, 6.45) is 3.42. The summed E-state index contributed by atoms with van der Waals surface area (Å²) >= 11 is 9.26. The predicted molar refractivity (Wildman–Crippen MR) is 47.9 cm³/mol. The number of halogens is 2. The fourth-order valence-electron chi connectivity index (χ4n) is 0.974. The summed E-state index contributed by atoms with van der Waals surface area (Å²) in [5.41, 5.74) is 1.03. The van der Waals surface area contributed by atoms with Gasteiger partial charge in [0.1, 0.15) is 11.5 Å². The summed E-state index contributed by atoms with van der Waals surface area (Å²) in [6.45, 7) is 0. The largest absolute Gasteiger partial charge is 0.290 e. The van der Waals surface area contributed by atoms with Crippen molar-refractivity contribution in [3.63, 3.8) is 0 Å². The van der Waals surface area contributed by atoms with Crippen molar-refractivity contribution in [3.8, 4) is 0 Å². The second-order valence-corrected chi connectivity index (χ2v) is 3.39. The van der Waals surface area contributed by atoms with Gasteiger partial charge in [0.2, 0.25) is 0 Å². The van der Waals surface area contributed by atoms with Gasteiger partial charge in [-0.25, -0.2) is 4.98 Å². The molecule has 0 saturated carbocycles. The number of aromatic nitrogens is 2. The minimum Gasteiger partial charge on any atom is -0.290 e. The average molecular weight is 231 g/mol. The first-order chi connectivity index (χ1) is 5.29. The van der Waals surface area contributed by atoms with Crippen LogP contribution in [0.15, 0.2) is 29.1 Å². The Morgan fingerprint density at radius 3 is 3.09 bits per heavy atom. The number of hydrogen-bond acceptors (Lipinski definition) is 1. The molecular weight excluding hydrogens is 227 g/mol. The summed E-state index contributed by atoms with van der Waals surface area (Å²) in [7, 11) is 0. The number of hydrogen-bond donors (Lipinski definition) is 0. The van der Waals surface area contributed by atoms with Gasteiger partial charge in [-0.15, -0.1) is 0 Å². The third kappa shape index (κ3) is 1.04. The highest BCUT2D eigenvalue weighted by Crippen LogP contribution is 2.24. The van der Waals surface area contributed by atoms with Crippen molar-refractivity contribution < 1.29 is 0 Å². The zero-order valence-electron chi connectivity index (χ0n) is 5.46. The fourth-order valence-corrected chi connectivity index (χ4v) is 1.89. The normalized spacial score (nSPS) is 10.7. The predicted octanol–water partition coefficient (Wildman–Crippen LogP) is 2.75. The monoisotopic (exact) mass is 230 g/mol. The van der Waals surface area contributed by atoms with Crippen LogP contribution in [-0.2, 0) is 0 Å². The quantitative estimate of drug-likeness (QED) is 0.681. The van der Waals surface area contributed by atoms with Gasteiger partial charge < -0.3 is 0 Å². The smallest absolute Gasteiger partial charge is 0.115 e. The van der Waals surface area contributed by atoms with Crippen molar-refractivity contribution in [1.82, 2.24) is 9.38 Å². The molecule has 2 nitrogen and oxygen atoms in total. The zero-order valence-corrected chi connectivity index (χ0v) is 7.80. The van der Waals surface area contributed by atoms with E-state index >= 15 is 0 Å². The van der Waals surface area contributed by atoms with E-state index in [4.69, 9.17) is 11.6 Å². The Kier molecular flexibility index (Phi) is 1.62. The summed E-state index contributed by atoms with van der Waals surface area (Å²) in [4.78, 5) is 3.94. The Balaban J connectivity index is 2.95. The molecule has 0 aliphatic carbocycles. The molecule has 0 atom stereocenters. The number of fused-ring (bicyclic) bond motifs is 1. The van der Waals surface area contributed by atoms with E-state index in [9.17, 15) is 0 Å². The molecule has 0 amide bonds. The Hall–Kier alpha value is -0.540. The average Bonchev–Trinajstić information content (AvgIpc) is 2.30. The molecule has 0 aromatic carbocycles. The van der Waals surface area contributed by atoms with Crippen molar-refractivity contribution in [2.75, 3.05) is 0 Å². The highest BCUT2D eigenvalue weighted by molar-refractivity contribution is 9.10. The summed E-state index contributed by atoms with van der Waals surface area (Å²) in [5, 5.41) is 0.667. The van der Waals surface area contributed by atoms with E-state index in [0.717, 1.165) is 9.99 Å². The lowest BCUT2D eigenvalue weighted by atomic mass is 10.5. The minimum absolute atomic E-state index is 0.667. The van der Waals surface area contributed by atoms with Crippen LogP contribution in [0.5, 0.6) is 0 Å². The molecule has 0 saturated heterocycles. The van der Waals surface area contributed by atoms with Crippen LogP contribution in [0.3, 0.4) is 0 Å². The van der Waals surface area contributed by atoms with Gasteiger partial charge in [-0.05, 0) is 28.1 Å². The third-order valence-electron chi connectivity index (χ3n) is 1.48. The van der Waals surface area contributed by atoms with Crippen molar-refractivity contribution >= 4 is 33.0 Å². The van der Waals surface area contributed by atoms with Gasteiger partial charge in [-0.3, -0.25) is 4.40 Å². The van der Waals surface area contributed by atoms with Crippen molar-refractivity contribution in [2.45, 2.75) is 0 Å². The molecule has 2 aromatic rings. The molecule has 0 aliphatic rings. The van der Waals surface area contributed by atoms with Crippen LogP contribution >= 0.6 is 27.5 Å². The molecule has 0 fully saturated rings. The maximum atomic E-state index is 5.87. The van der Waals surface area contributed by atoms with E-state index in [1.54, 1.807) is 12.5 Å². The summed E-state index contributed by atoms with van der Waals surface area (Å²) in [5.74, 6) is 0. The summed E-state index contributed by atoms with van der Waals surface area (Å²) < 4.78 is 2.80. The molecular formula is C7H4BrClN2. The van der Waals surface area contributed by atoms with Gasteiger partial charge in [-0.1, -0.05) is 11.6 Å². The van der Waals surface area contributed by atoms with Crippen LogP contribution in [-0.4, -0.2) is 9.38 Å². The SMILES string of the molecule is Clc1cc(Br)c2ccncn12. The van der Waals surface area contributed by atoms with E-state index in [0.29, 0.717) is 5.15 Å². The molecule has 4 heteroatoms. The zero-order chi connectivity index (χ0) is 7.84.